The van der Waals surface area contributed by atoms with Crippen LogP contribution in [0.15, 0.2) is 121 Å². The van der Waals surface area contributed by atoms with Crippen molar-refractivity contribution in [3.05, 3.63) is 144 Å². The molecule has 5 N–H and O–H groups in total. The Bertz CT molecular complexity index is 1480. The Balaban J connectivity index is 1.96. The number of rotatable bonds is 14. The normalized spacial score (nSPS) is 17.1. The van der Waals surface area contributed by atoms with E-state index in [4.69, 9.17) is 0 Å². The standard InChI is InChI=1S/C36H38O7/c1-26(37)32(39)34(41,23-28-16-8-3-9-17-28)36(43,25-30-20-12-5-13-21-30)35(42,24-29-18-10-4-11-19-29)33(40)31(38)22-27-14-6-2-7-15-27/h2-21,31,33,38,40-43H,22-25H2,1H3. The zero-order chi connectivity index (χ0) is 31.1. The molecule has 0 amide bonds. The van der Waals surface area contributed by atoms with Crippen LogP contribution in [-0.2, 0) is 35.3 Å². The molecule has 4 aromatic rings. The number of hydrogen-bond acceptors (Lipinski definition) is 7. The molecule has 0 aliphatic carbocycles. The summed E-state index contributed by atoms with van der Waals surface area (Å²) in [6, 6.07) is 34.0. The molecule has 0 fully saturated rings. The first-order valence-corrected chi connectivity index (χ1v) is 14.2. The molecule has 0 radical (unpaired) electrons. The van der Waals surface area contributed by atoms with Crippen molar-refractivity contribution < 1.29 is 35.1 Å². The minimum absolute atomic E-state index is 0.0989. The topological polar surface area (TPSA) is 135 Å². The summed E-state index contributed by atoms with van der Waals surface area (Å²) in [5, 5.41) is 61.3. The first-order valence-electron chi connectivity index (χ1n) is 14.2. The van der Waals surface area contributed by atoms with Gasteiger partial charge < -0.3 is 25.5 Å². The highest BCUT2D eigenvalue weighted by Gasteiger charge is 2.68. The van der Waals surface area contributed by atoms with E-state index in [2.05, 4.69) is 0 Å². The van der Waals surface area contributed by atoms with Gasteiger partial charge in [-0.2, -0.15) is 0 Å². The highest BCUT2D eigenvalue weighted by atomic mass is 16.4. The summed E-state index contributed by atoms with van der Waals surface area (Å²) in [4.78, 5) is 26.5. The van der Waals surface area contributed by atoms with Crippen molar-refractivity contribution >= 4 is 11.6 Å². The average molecular weight is 583 g/mol. The molecule has 0 aromatic heterocycles. The quantitative estimate of drug-likeness (QED) is 0.144. The maximum absolute atomic E-state index is 13.8. The fourth-order valence-corrected chi connectivity index (χ4v) is 5.83. The monoisotopic (exact) mass is 582 g/mol. The van der Waals surface area contributed by atoms with Gasteiger partial charge in [-0.25, -0.2) is 0 Å². The molecule has 4 aromatic carbocycles. The number of aliphatic hydroxyl groups excluding tert-OH is 2. The van der Waals surface area contributed by atoms with Gasteiger partial charge in [0.15, 0.2) is 11.4 Å². The molecule has 7 heteroatoms. The molecule has 7 nitrogen and oxygen atoms in total. The first-order chi connectivity index (χ1) is 20.5. The predicted octanol–water partition coefficient (Wildman–Crippen LogP) is 3.03. The van der Waals surface area contributed by atoms with Crippen LogP contribution in [0.25, 0.3) is 0 Å². The maximum Gasteiger partial charge on any atom is 0.232 e. The van der Waals surface area contributed by atoms with Crippen molar-refractivity contribution in [2.45, 2.75) is 61.6 Å². The first kappa shape index (κ1) is 31.9. The maximum atomic E-state index is 13.8. The predicted molar refractivity (Wildman–Crippen MR) is 163 cm³/mol. The van der Waals surface area contributed by atoms with Crippen LogP contribution in [0.1, 0.15) is 29.2 Å². The van der Waals surface area contributed by atoms with E-state index in [0.29, 0.717) is 22.3 Å². The fourth-order valence-electron chi connectivity index (χ4n) is 5.83. The lowest BCUT2D eigenvalue weighted by molar-refractivity contribution is -0.276. The van der Waals surface area contributed by atoms with E-state index < -0.39 is 59.8 Å². The van der Waals surface area contributed by atoms with Crippen LogP contribution in [0.4, 0.5) is 0 Å². The van der Waals surface area contributed by atoms with Gasteiger partial charge in [-0.05, 0) is 22.3 Å². The third-order valence-electron chi connectivity index (χ3n) is 8.16. The molecule has 0 heterocycles. The fraction of sp³-hybridized carbons (Fsp3) is 0.278. The number of hydrogen-bond donors (Lipinski definition) is 5. The van der Waals surface area contributed by atoms with E-state index in [1.807, 2.05) is 0 Å². The van der Waals surface area contributed by atoms with Gasteiger partial charge in [0, 0.05) is 32.6 Å². The Kier molecular flexibility index (Phi) is 10.1. The molecule has 0 spiro atoms. The van der Waals surface area contributed by atoms with Crippen molar-refractivity contribution in [2.75, 3.05) is 0 Å². The van der Waals surface area contributed by atoms with E-state index in [-0.39, 0.29) is 6.42 Å². The van der Waals surface area contributed by atoms with Crippen molar-refractivity contribution in [1.29, 1.82) is 0 Å². The van der Waals surface area contributed by atoms with Crippen LogP contribution >= 0.6 is 0 Å². The molecular weight excluding hydrogens is 544 g/mol. The number of benzene rings is 4. The van der Waals surface area contributed by atoms with Crippen molar-refractivity contribution in [3.8, 4) is 0 Å². The Labute approximate surface area is 251 Å². The number of carbonyl (C=O) groups excluding carboxylic acids is 2. The second-order valence-electron chi connectivity index (χ2n) is 11.2. The number of carbonyl (C=O) groups is 2. The molecule has 0 aliphatic heterocycles. The minimum Gasteiger partial charge on any atom is -0.390 e. The molecular formula is C36H38O7. The zero-order valence-corrected chi connectivity index (χ0v) is 24.1. The van der Waals surface area contributed by atoms with Gasteiger partial charge in [-0.1, -0.05) is 121 Å². The van der Waals surface area contributed by atoms with E-state index in [1.165, 1.54) is 0 Å². The molecule has 4 rings (SSSR count). The molecule has 5 unspecified atom stereocenters. The van der Waals surface area contributed by atoms with Gasteiger partial charge in [0.25, 0.3) is 0 Å². The van der Waals surface area contributed by atoms with Crippen molar-refractivity contribution in [1.82, 2.24) is 0 Å². The molecule has 224 valence electrons. The number of aliphatic hydroxyl groups is 5. The largest absolute Gasteiger partial charge is 0.390 e. The zero-order valence-electron chi connectivity index (χ0n) is 24.1. The Morgan fingerprint density at radius 1 is 0.581 bits per heavy atom. The second-order valence-corrected chi connectivity index (χ2v) is 11.2. The third-order valence-corrected chi connectivity index (χ3v) is 8.16. The van der Waals surface area contributed by atoms with Gasteiger partial charge in [0.1, 0.15) is 17.3 Å². The molecule has 0 saturated carbocycles. The molecule has 0 bridgehead atoms. The Morgan fingerprint density at radius 2 is 0.953 bits per heavy atom. The molecule has 0 aliphatic rings. The highest BCUT2D eigenvalue weighted by Crippen LogP contribution is 2.44. The summed E-state index contributed by atoms with van der Waals surface area (Å²) in [6.07, 6.45) is -5.36. The summed E-state index contributed by atoms with van der Waals surface area (Å²) in [7, 11) is 0. The van der Waals surface area contributed by atoms with Crippen molar-refractivity contribution in [2.24, 2.45) is 0 Å². The second kappa shape index (κ2) is 13.5. The van der Waals surface area contributed by atoms with Crippen LogP contribution in [0.5, 0.6) is 0 Å². The molecule has 5 atom stereocenters. The summed E-state index contributed by atoms with van der Waals surface area (Å²) in [5.74, 6) is -2.36. The lowest BCUT2D eigenvalue weighted by Gasteiger charge is -2.54. The molecule has 43 heavy (non-hydrogen) atoms. The van der Waals surface area contributed by atoms with E-state index in [1.54, 1.807) is 121 Å². The third kappa shape index (κ3) is 6.82. The summed E-state index contributed by atoms with van der Waals surface area (Å²) in [6.45, 7) is 0.984. The van der Waals surface area contributed by atoms with Crippen LogP contribution in [0.2, 0.25) is 0 Å². The van der Waals surface area contributed by atoms with Crippen LogP contribution in [-0.4, -0.2) is 66.1 Å². The summed E-state index contributed by atoms with van der Waals surface area (Å²) >= 11 is 0. The lowest BCUT2D eigenvalue weighted by atomic mass is 9.59. The van der Waals surface area contributed by atoms with Crippen LogP contribution < -0.4 is 0 Å². The van der Waals surface area contributed by atoms with E-state index in [0.717, 1.165) is 6.92 Å². The van der Waals surface area contributed by atoms with Gasteiger partial charge in [-0.3, -0.25) is 9.59 Å². The SMILES string of the molecule is CC(=O)C(=O)C(O)(Cc1ccccc1)C(O)(Cc1ccccc1)C(O)(Cc1ccccc1)C(O)C(O)Cc1ccccc1. The van der Waals surface area contributed by atoms with E-state index >= 15 is 0 Å². The molecule has 0 saturated heterocycles. The lowest BCUT2D eigenvalue weighted by Crippen LogP contribution is -2.78. The van der Waals surface area contributed by atoms with Gasteiger partial charge in [0.2, 0.25) is 5.78 Å². The summed E-state index contributed by atoms with van der Waals surface area (Å²) < 4.78 is 0. The van der Waals surface area contributed by atoms with Gasteiger partial charge in [-0.15, -0.1) is 0 Å². The van der Waals surface area contributed by atoms with Crippen LogP contribution in [0, 0.1) is 0 Å². The average Bonchev–Trinajstić information content (AvgIpc) is 3.01. The Hall–Kier alpha value is -3.98. The number of Topliss-reactive ketones (excluding diaryl/α,β-unsaturated/α-hetero) is 2. The van der Waals surface area contributed by atoms with E-state index in [9.17, 15) is 35.1 Å². The number of ketones is 2. The minimum atomic E-state index is -2.92. The Morgan fingerprint density at radius 3 is 1.37 bits per heavy atom. The van der Waals surface area contributed by atoms with Gasteiger partial charge in [0.05, 0.1) is 6.10 Å². The van der Waals surface area contributed by atoms with Gasteiger partial charge >= 0.3 is 0 Å². The highest BCUT2D eigenvalue weighted by molar-refractivity contribution is 6.39. The summed E-state index contributed by atoms with van der Waals surface area (Å²) in [5.41, 5.74) is -6.63. The van der Waals surface area contributed by atoms with Crippen LogP contribution in [0.3, 0.4) is 0 Å². The van der Waals surface area contributed by atoms with Crippen molar-refractivity contribution in [3.63, 3.8) is 0 Å². The smallest absolute Gasteiger partial charge is 0.232 e.